The summed E-state index contributed by atoms with van der Waals surface area (Å²) in [6.07, 6.45) is 0. The third kappa shape index (κ3) is 6.06. The zero-order valence-electron chi connectivity index (χ0n) is 16.4. The fourth-order valence-corrected chi connectivity index (χ4v) is 4.88. The van der Waals surface area contributed by atoms with Crippen LogP contribution < -0.4 is 5.30 Å². The molecule has 0 aliphatic heterocycles. The second-order valence-corrected chi connectivity index (χ2v) is 10.9. The number of hydrogen-bond donors (Lipinski definition) is 0. The Morgan fingerprint density at radius 1 is 0.750 bits per heavy atom. The number of nitrogens with zero attached hydrogens (tertiary/aromatic N) is 1. The lowest BCUT2D eigenvalue weighted by molar-refractivity contribution is 0.248. The standard InChI is InChI=1S/C24H26Cl2NP/c1-19(2)22-13-14-24(28(25)26)23(15-22)18-27(16-20-9-5-3-6-10-20)17-21-11-7-4-8-12-21/h3-15,19H,16-18H2,1-2H3. The van der Waals surface area contributed by atoms with Crippen molar-refractivity contribution in [2.45, 2.75) is 39.4 Å². The molecule has 0 aliphatic carbocycles. The maximum atomic E-state index is 6.36. The fraction of sp³-hybridized carbons (Fsp3) is 0.250. The van der Waals surface area contributed by atoms with Gasteiger partial charge in [0.1, 0.15) is 6.63 Å². The summed E-state index contributed by atoms with van der Waals surface area (Å²) in [4.78, 5) is 2.46. The van der Waals surface area contributed by atoms with Gasteiger partial charge in [-0.15, -0.1) is 0 Å². The van der Waals surface area contributed by atoms with E-state index in [1.54, 1.807) is 0 Å². The van der Waals surface area contributed by atoms with Crippen molar-refractivity contribution in [3.8, 4) is 0 Å². The van der Waals surface area contributed by atoms with Crippen LogP contribution in [0.3, 0.4) is 0 Å². The monoisotopic (exact) mass is 429 g/mol. The van der Waals surface area contributed by atoms with Crippen molar-refractivity contribution in [3.63, 3.8) is 0 Å². The second-order valence-electron chi connectivity index (χ2n) is 7.39. The Bertz CT molecular complexity index is 825. The van der Waals surface area contributed by atoms with Gasteiger partial charge in [0, 0.05) is 24.9 Å². The Labute approximate surface area is 179 Å². The first-order valence-corrected chi connectivity index (χ1v) is 12.7. The van der Waals surface area contributed by atoms with Crippen molar-refractivity contribution in [2.24, 2.45) is 0 Å². The molecule has 0 radical (unpaired) electrons. The molecule has 3 rings (SSSR count). The zero-order valence-corrected chi connectivity index (χ0v) is 18.8. The summed E-state index contributed by atoms with van der Waals surface area (Å²) in [6.45, 7) is 5.83. The van der Waals surface area contributed by atoms with Gasteiger partial charge < -0.3 is 0 Å². The lowest BCUT2D eigenvalue weighted by atomic mass is 10.0. The highest BCUT2D eigenvalue weighted by atomic mass is 35.9. The quantitative estimate of drug-likeness (QED) is 0.336. The summed E-state index contributed by atoms with van der Waals surface area (Å²) in [5.74, 6) is 0.473. The van der Waals surface area contributed by atoms with Crippen molar-refractivity contribution in [2.75, 3.05) is 0 Å². The summed E-state index contributed by atoms with van der Waals surface area (Å²) in [6, 6.07) is 27.8. The van der Waals surface area contributed by atoms with Crippen LogP contribution in [0.1, 0.15) is 42.0 Å². The fourth-order valence-electron chi connectivity index (χ4n) is 3.35. The van der Waals surface area contributed by atoms with Gasteiger partial charge in [-0.2, -0.15) is 0 Å². The Hall–Kier alpha value is -1.37. The third-order valence-electron chi connectivity index (χ3n) is 4.84. The van der Waals surface area contributed by atoms with Gasteiger partial charge >= 0.3 is 0 Å². The number of rotatable bonds is 8. The topological polar surface area (TPSA) is 3.24 Å². The van der Waals surface area contributed by atoms with Crippen LogP contribution in [0, 0.1) is 0 Å². The molecular weight excluding hydrogens is 404 g/mol. The van der Waals surface area contributed by atoms with Crippen LogP contribution in [0.2, 0.25) is 0 Å². The first kappa shape index (κ1) is 21.3. The first-order valence-electron chi connectivity index (χ1n) is 9.57. The highest BCUT2D eigenvalue weighted by Crippen LogP contribution is 2.46. The summed E-state index contributed by atoms with van der Waals surface area (Å²) < 4.78 is 0. The molecule has 0 saturated heterocycles. The average Bonchev–Trinajstić information content (AvgIpc) is 2.69. The molecule has 0 spiro atoms. The number of benzene rings is 3. The van der Waals surface area contributed by atoms with E-state index in [4.69, 9.17) is 22.5 Å². The van der Waals surface area contributed by atoms with Gasteiger partial charge in [-0.05, 0) is 28.2 Å². The molecule has 4 heteroatoms. The molecule has 0 N–H and O–H groups in total. The van der Waals surface area contributed by atoms with E-state index < -0.39 is 6.63 Å². The van der Waals surface area contributed by atoms with E-state index in [0.717, 1.165) is 24.9 Å². The van der Waals surface area contributed by atoms with Gasteiger partial charge in [-0.3, -0.25) is 4.90 Å². The number of hydrogen-bond acceptors (Lipinski definition) is 1. The van der Waals surface area contributed by atoms with Crippen molar-refractivity contribution < 1.29 is 0 Å². The van der Waals surface area contributed by atoms with E-state index >= 15 is 0 Å². The molecule has 3 aromatic rings. The van der Waals surface area contributed by atoms with E-state index in [0.29, 0.717) is 5.92 Å². The Balaban J connectivity index is 1.90. The van der Waals surface area contributed by atoms with Gasteiger partial charge in [-0.25, -0.2) is 0 Å². The Kier molecular flexibility index (Phi) is 7.94. The van der Waals surface area contributed by atoms with E-state index in [9.17, 15) is 0 Å². The van der Waals surface area contributed by atoms with E-state index in [1.165, 1.54) is 22.3 Å². The van der Waals surface area contributed by atoms with E-state index in [-0.39, 0.29) is 0 Å². The van der Waals surface area contributed by atoms with E-state index in [2.05, 4.69) is 97.6 Å². The van der Waals surface area contributed by atoms with Crippen LogP contribution in [-0.2, 0) is 19.6 Å². The minimum Gasteiger partial charge on any atom is -0.291 e. The molecule has 1 nitrogen and oxygen atoms in total. The Morgan fingerprint density at radius 3 is 1.75 bits per heavy atom. The Morgan fingerprint density at radius 2 is 1.29 bits per heavy atom. The maximum Gasteiger partial charge on any atom is 0.117 e. The minimum absolute atomic E-state index is 0.473. The normalized spacial score (nSPS) is 11.5. The molecule has 146 valence electrons. The third-order valence-corrected chi connectivity index (χ3v) is 6.74. The van der Waals surface area contributed by atoms with Crippen LogP contribution in [-0.4, -0.2) is 4.90 Å². The molecule has 0 saturated carbocycles. The molecular formula is C24H26Cl2NP. The molecule has 28 heavy (non-hydrogen) atoms. The summed E-state index contributed by atoms with van der Waals surface area (Å²) in [7, 11) is 0. The molecule has 3 aromatic carbocycles. The molecule has 0 amide bonds. The average molecular weight is 430 g/mol. The predicted molar refractivity (Wildman–Crippen MR) is 125 cm³/mol. The van der Waals surface area contributed by atoms with Crippen LogP contribution in [0.4, 0.5) is 0 Å². The summed E-state index contributed by atoms with van der Waals surface area (Å²) in [5, 5.41) is 1.06. The second kappa shape index (κ2) is 10.4. The van der Waals surface area contributed by atoms with Gasteiger partial charge in [0.05, 0.1) is 0 Å². The highest BCUT2D eigenvalue weighted by molar-refractivity contribution is 8.08. The lowest BCUT2D eigenvalue weighted by Crippen LogP contribution is -2.25. The minimum atomic E-state index is -1.18. The predicted octanol–water partition coefficient (Wildman–Crippen LogP) is 7.43. The molecule has 0 atom stereocenters. The number of halogens is 2. The van der Waals surface area contributed by atoms with Crippen molar-refractivity contribution in [1.29, 1.82) is 0 Å². The van der Waals surface area contributed by atoms with Crippen LogP contribution in [0.25, 0.3) is 0 Å². The molecule has 0 heterocycles. The zero-order chi connectivity index (χ0) is 19.9. The van der Waals surface area contributed by atoms with Crippen molar-refractivity contribution in [3.05, 3.63) is 101 Å². The summed E-state index contributed by atoms with van der Waals surface area (Å²) >= 11 is 12.7. The molecule has 0 unspecified atom stereocenters. The van der Waals surface area contributed by atoms with Gasteiger partial charge in [-0.1, -0.05) is 115 Å². The lowest BCUT2D eigenvalue weighted by Gasteiger charge is -2.25. The first-order chi connectivity index (χ1) is 13.5. The van der Waals surface area contributed by atoms with Gasteiger partial charge in [0.25, 0.3) is 0 Å². The smallest absolute Gasteiger partial charge is 0.117 e. The molecule has 0 aliphatic rings. The maximum absolute atomic E-state index is 6.36. The van der Waals surface area contributed by atoms with Crippen LogP contribution in [0.15, 0.2) is 78.9 Å². The van der Waals surface area contributed by atoms with Crippen LogP contribution >= 0.6 is 29.1 Å². The van der Waals surface area contributed by atoms with Crippen LogP contribution in [0.5, 0.6) is 0 Å². The largest absolute Gasteiger partial charge is 0.291 e. The SMILES string of the molecule is CC(C)c1ccc(P(Cl)Cl)c(CN(Cc2ccccc2)Cc2ccccc2)c1. The molecule has 0 bridgehead atoms. The molecule has 0 fully saturated rings. The highest BCUT2D eigenvalue weighted by Gasteiger charge is 2.16. The van der Waals surface area contributed by atoms with Gasteiger partial charge in [0.15, 0.2) is 0 Å². The van der Waals surface area contributed by atoms with Crippen molar-refractivity contribution >= 4 is 34.4 Å². The molecule has 0 aromatic heterocycles. The summed E-state index contributed by atoms with van der Waals surface area (Å²) in [5.41, 5.74) is 5.16. The van der Waals surface area contributed by atoms with E-state index in [1.807, 2.05) is 0 Å². The van der Waals surface area contributed by atoms with Gasteiger partial charge in [0.2, 0.25) is 0 Å². The van der Waals surface area contributed by atoms with Crippen molar-refractivity contribution in [1.82, 2.24) is 4.90 Å².